The second-order valence-electron chi connectivity index (χ2n) is 6.06. The molecule has 27 heavy (non-hydrogen) atoms. The summed E-state index contributed by atoms with van der Waals surface area (Å²) >= 11 is 2.15. The van der Waals surface area contributed by atoms with Crippen LogP contribution in [-0.2, 0) is 9.53 Å². The average molecular weight is 479 g/mol. The van der Waals surface area contributed by atoms with E-state index in [1.807, 2.05) is 6.07 Å². The summed E-state index contributed by atoms with van der Waals surface area (Å²) in [7, 11) is 0. The van der Waals surface area contributed by atoms with Crippen LogP contribution in [0.1, 0.15) is 6.92 Å². The predicted octanol–water partition coefficient (Wildman–Crippen LogP) is 2.86. The molecule has 2 amide bonds. The molecule has 1 fully saturated rings. The molecule has 1 unspecified atom stereocenters. The van der Waals surface area contributed by atoms with Crippen LogP contribution in [0.5, 0.6) is 0 Å². The minimum atomic E-state index is -0.447. The van der Waals surface area contributed by atoms with Crippen molar-refractivity contribution in [2.75, 3.05) is 23.3 Å². The fraction of sp³-hybridized carbons (Fsp3) is 0.211. The Morgan fingerprint density at radius 2 is 1.96 bits per heavy atom. The predicted molar refractivity (Wildman–Crippen MR) is 111 cm³/mol. The number of nitrogens with one attached hydrogen (secondary N) is 2. The normalized spacial score (nSPS) is 16.0. The lowest BCUT2D eigenvalue weighted by Crippen LogP contribution is -2.33. The maximum atomic E-state index is 12.1. The van der Waals surface area contributed by atoms with Crippen molar-refractivity contribution in [3.8, 4) is 0 Å². The summed E-state index contributed by atoms with van der Waals surface area (Å²) in [6.45, 7) is 2.07. The summed E-state index contributed by atoms with van der Waals surface area (Å²) in [6.07, 6.45) is -0.828. The van der Waals surface area contributed by atoms with E-state index in [0.29, 0.717) is 17.9 Å². The van der Waals surface area contributed by atoms with Crippen molar-refractivity contribution in [2.45, 2.75) is 13.0 Å². The van der Waals surface area contributed by atoms with Gasteiger partial charge >= 0.3 is 6.09 Å². The molecule has 0 aromatic heterocycles. The zero-order valence-corrected chi connectivity index (χ0v) is 16.7. The van der Waals surface area contributed by atoms with Gasteiger partial charge in [0.15, 0.2) is 0 Å². The van der Waals surface area contributed by atoms with Crippen molar-refractivity contribution in [1.29, 1.82) is 0 Å². The Bertz CT molecular complexity index is 917. The van der Waals surface area contributed by atoms with Crippen LogP contribution in [0.15, 0.2) is 53.3 Å². The van der Waals surface area contributed by atoms with Crippen LogP contribution >= 0.6 is 22.6 Å². The number of halogens is 1. The lowest BCUT2D eigenvalue weighted by molar-refractivity contribution is -0.119. The summed E-state index contributed by atoms with van der Waals surface area (Å²) in [5.74, 6) is -0.165. The molecule has 0 radical (unpaired) electrons. The fourth-order valence-electron chi connectivity index (χ4n) is 2.65. The third kappa shape index (κ3) is 4.97. The van der Waals surface area contributed by atoms with Crippen LogP contribution < -0.4 is 21.0 Å². The van der Waals surface area contributed by atoms with Crippen molar-refractivity contribution in [1.82, 2.24) is 5.32 Å². The number of hydrogen-bond donors (Lipinski definition) is 2. The monoisotopic (exact) mass is 479 g/mol. The van der Waals surface area contributed by atoms with E-state index in [4.69, 9.17) is 4.74 Å². The van der Waals surface area contributed by atoms with Crippen LogP contribution in [-0.4, -0.2) is 31.2 Å². The van der Waals surface area contributed by atoms with E-state index in [9.17, 15) is 14.4 Å². The van der Waals surface area contributed by atoms with Gasteiger partial charge in [0, 0.05) is 21.9 Å². The van der Waals surface area contributed by atoms with E-state index < -0.39 is 6.09 Å². The van der Waals surface area contributed by atoms with Gasteiger partial charge in [0.1, 0.15) is 6.10 Å². The topological polar surface area (TPSA) is 87.7 Å². The summed E-state index contributed by atoms with van der Waals surface area (Å²) < 4.78 is 6.20. The average Bonchev–Trinajstić information content (AvgIpc) is 2.92. The lowest BCUT2D eigenvalue weighted by Gasteiger charge is -2.14. The van der Waals surface area contributed by atoms with Crippen LogP contribution in [0.4, 0.5) is 21.9 Å². The minimum Gasteiger partial charge on any atom is -0.442 e. The molecule has 1 aliphatic heterocycles. The molecular formula is C19H18IN3O4. The third-order valence-electron chi connectivity index (χ3n) is 3.96. The number of rotatable bonds is 5. The highest BCUT2D eigenvalue weighted by Gasteiger charge is 2.32. The highest BCUT2D eigenvalue weighted by Crippen LogP contribution is 2.24. The van der Waals surface area contributed by atoms with E-state index in [1.165, 1.54) is 17.9 Å². The van der Waals surface area contributed by atoms with Crippen molar-refractivity contribution < 1.29 is 14.3 Å². The highest BCUT2D eigenvalue weighted by molar-refractivity contribution is 14.1. The molecule has 0 aliphatic carbocycles. The van der Waals surface area contributed by atoms with Gasteiger partial charge in [-0.3, -0.25) is 14.5 Å². The molecular weight excluding hydrogens is 461 g/mol. The number of cyclic esters (lactones) is 1. The molecule has 2 N–H and O–H groups in total. The number of benzene rings is 1. The van der Waals surface area contributed by atoms with E-state index in [2.05, 4.69) is 33.2 Å². The van der Waals surface area contributed by atoms with Crippen LogP contribution in [0.3, 0.4) is 0 Å². The van der Waals surface area contributed by atoms with E-state index in [-0.39, 0.29) is 24.0 Å². The molecule has 3 rings (SSSR count). The van der Waals surface area contributed by atoms with Gasteiger partial charge in [-0.05, 0) is 65.1 Å². The SMILES string of the molecule is CC(=O)NCC1CN(c2ccc(Nc3cc(I)cccc3=O)cc2)C(=O)O1. The number of hydrogen-bond acceptors (Lipinski definition) is 5. The molecule has 1 saturated heterocycles. The summed E-state index contributed by atoms with van der Waals surface area (Å²) in [6, 6.07) is 14.0. The first-order valence-corrected chi connectivity index (χ1v) is 9.40. The molecule has 1 aliphatic rings. The van der Waals surface area contributed by atoms with Gasteiger partial charge in [-0.2, -0.15) is 0 Å². The first-order valence-electron chi connectivity index (χ1n) is 8.32. The van der Waals surface area contributed by atoms with Crippen LogP contribution in [0, 0.1) is 3.57 Å². The lowest BCUT2D eigenvalue weighted by atomic mass is 10.2. The van der Waals surface area contributed by atoms with E-state index in [1.54, 1.807) is 36.4 Å². The van der Waals surface area contributed by atoms with Gasteiger partial charge in [-0.15, -0.1) is 0 Å². The van der Waals surface area contributed by atoms with Gasteiger partial charge in [-0.1, -0.05) is 6.07 Å². The Labute approximate surface area is 169 Å². The molecule has 8 heteroatoms. The van der Waals surface area contributed by atoms with Gasteiger partial charge in [0.05, 0.1) is 18.8 Å². The fourth-order valence-corrected chi connectivity index (χ4v) is 3.17. The Kier molecular flexibility index (Phi) is 5.94. The molecule has 1 heterocycles. The Morgan fingerprint density at radius 1 is 1.22 bits per heavy atom. The third-order valence-corrected chi connectivity index (χ3v) is 4.63. The standard InChI is InChI=1S/C19H18IN3O4/c1-12(24)21-10-16-11-23(19(26)27-16)15-7-5-14(6-8-15)22-17-9-13(20)3-2-4-18(17)25/h2-9,16H,10-11H2,1H3,(H,21,24)(H,22,25). The Balaban J connectivity index is 1.70. The van der Waals surface area contributed by atoms with Crippen molar-refractivity contribution >= 4 is 51.7 Å². The van der Waals surface area contributed by atoms with Gasteiger partial charge in [0.25, 0.3) is 0 Å². The molecule has 0 spiro atoms. The van der Waals surface area contributed by atoms with E-state index in [0.717, 1.165) is 9.26 Å². The summed E-state index contributed by atoms with van der Waals surface area (Å²) in [4.78, 5) is 36.6. The maximum Gasteiger partial charge on any atom is 0.414 e. The first-order chi connectivity index (χ1) is 12.9. The molecule has 0 saturated carbocycles. The van der Waals surface area contributed by atoms with Crippen molar-refractivity contribution in [3.05, 3.63) is 62.3 Å². The maximum absolute atomic E-state index is 12.1. The summed E-state index contributed by atoms with van der Waals surface area (Å²) in [5.41, 5.74) is 1.80. The number of carbonyl (C=O) groups excluding carboxylic acids is 2. The van der Waals surface area contributed by atoms with E-state index >= 15 is 0 Å². The quantitative estimate of drug-likeness (QED) is 0.645. The zero-order chi connectivity index (χ0) is 19.4. The molecule has 2 aromatic rings. The smallest absolute Gasteiger partial charge is 0.414 e. The minimum absolute atomic E-state index is 0.106. The first kappa shape index (κ1) is 19.2. The van der Waals surface area contributed by atoms with Gasteiger partial charge < -0.3 is 15.4 Å². The number of carbonyl (C=O) groups is 2. The molecule has 0 bridgehead atoms. The Morgan fingerprint density at radius 3 is 2.67 bits per heavy atom. The summed E-state index contributed by atoms with van der Waals surface area (Å²) in [5, 5.41) is 5.75. The molecule has 140 valence electrons. The van der Waals surface area contributed by atoms with Crippen LogP contribution in [0.25, 0.3) is 0 Å². The number of nitrogens with zero attached hydrogens (tertiary/aromatic N) is 1. The second-order valence-corrected chi connectivity index (χ2v) is 7.30. The number of anilines is 3. The van der Waals surface area contributed by atoms with Crippen molar-refractivity contribution in [2.24, 2.45) is 0 Å². The largest absolute Gasteiger partial charge is 0.442 e. The zero-order valence-electron chi connectivity index (χ0n) is 14.6. The van der Waals surface area contributed by atoms with Crippen LogP contribution in [0.2, 0.25) is 0 Å². The number of ether oxygens (including phenoxy) is 1. The second kappa shape index (κ2) is 8.38. The Hall–Kier alpha value is -2.62. The highest BCUT2D eigenvalue weighted by atomic mass is 127. The van der Waals surface area contributed by atoms with Gasteiger partial charge in [0.2, 0.25) is 11.3 Å². The number of amides is 2. The molecule has 7 nitrogen and oxygen atoms in total. The molecule has 2 aromatic carbocycles. The van der Waals surface area contributed by atoms with Gasteiger partial charge in [-0.25, -0.2) is 4.79 Å². The molecule has 1 atom stereocenters. The van der Waals surface area contributed by atoms with Crippen molar-refractivity contribution in [3.63, 3.8) is 0 Å².